The van der Waals surface area contributed by atoms with Gasteiger partial charge in [0.1, 0.15) is 5.82 Å². The van der Waals surface area contributed by atoms with Crippen molar-refractivity contribution in [2.24, 2.45) is 5.92 Å². The first kappa shape index (κ1) is 18.7. The van der Waals surface area contributed by atoms with Crippen LogP contribution in [0.5, 0.6) is 0 Å². The van der Waals surface area contributed by atoms with Gasteiger partial charge in [-0.1, -0.05) is 6.07 Å². The molecule has 7 heteroatoms. The number of nitrogens with zero attached hydrogens (tertiary/aromatic N) is 1. The van der Waals surface area contributed by atoms with E-state index in [1.807, 2.05) is 6.07 Å². The average molecular weight is 356 g/mol. The van der Waals surface area contributed by atoms with Crippen LogP contribution in [0.1, 0.15) is 30.9 Å². The number of hydrogen-bond acceptors (Lipinski definition) is 3. The van der Waals surface area contributed by atoms with E-state index in [1.165, 1.54) is 6.92 Å². The number of piperidine rings is 1. The molecular formula is C17H23ClFN3O2. The monoisotopic (exact) mass is 355 g/mol. The van der Waals surface area contributed by atoms with Crippen LogP contribution in [0.4, 0.5) is 10.1 Å². The van der Waals surface area contributed by atoms with Gasteiger partial charge >= 0.3 is 0 Å². The van der Waals surface area contributed by atoms with E-state index in [0.717, 1.165) is 24.9 Å². The fourth-order valence-corrected chi connectivity index (χ4v) is 3.34. The maximum atomic E-state index is 14.6. The summed E-state index contributed by atoms with van der Waals surface area (Å²) in [6.45, 7) is 4.03. The molecule has 5 nitrogen and oxygen atoms in total. The Kier molecular flexibility index (Phi) is 6.18. The highest BCUT2D eigenvalue weighted by Crippen LogP contribution is 2.26. The lowest BCUT2D eigenvalue weighted by Crippen LogP contribution is -2.42. The van der Waals surface area contributed by atoms with Crippen molar-refractivity contribution in [2.75, 3.05) is 25.0 Å². The second-order valence-electron chi connectivity index (χ2n) is 6.28. The van der Waals surface area contributed by atoms with Gasteiger partial charge in [-0.15, -0.1) is 12.4 Å². The molecule has 0 saturated carbocycles. The molecule has 0 radical (unpaired) electrons. The molecule has 2 aliphatic heterocycles. The maximum absolute atomic E-state index is 14.6. The first-order chi connectivity index (χ1) is 11.1. The highest BCUT2D eigenvalue weighted by molar-refractivity contribution is 5.93. The van der Waals surface area contributed by atoms with Gasteiger partial charge in [-0.3, -0.25) is 9.59 Å². The van der Waals surface area contributed by atoms with E-state index in [2.05, 4.69) is 10.6 Å². The molecule has 2 N–H and O–H groups in total. The van der Waals surface area contributed by atoms with Crippen LogP contribution in [0, 0.1) is 11.7 Å². The number of nitrogens with one attached hydrogen (secondary N) is 2. The summed E-state index contributed by atoms with van der Waals surface area (Å²) in [7, 11) is 0. The van der Waals surface area contributed by atoms with E-state index < -0.39 is 0 Å². The van der Waals surface area contributed by atoms with E-state index >= 15 is 0 Å². The Labute approximate surface area is 147 Å². The van der Waals surface area contributed by atoms with Gasteiger partial charge in [0.25, 0.3) is 0 Å². The first-order valence-electron chi connectivity index (χ1n) is 8.13. The van der Waals surface area contributed by atoms with Crippen molar-refractivity contribution in [3.8, 4) is 0 Å². The molecule has 1 atom stereocenters. The largest absolute Gasteiger partial charge is 0.342 e. The summed E-state index contributed by atoms with van der Waals surface area (Å²) >= 11 is 0. The van der Waals surface area contributed by atoms with Crippen molar-refractivity contribution < 1.29 is 14.0 Å². The van der Waals surface area contributed by atoms with Crippen molar-refractivity contribution in [1.82, 2.24) is 10.2 Å². The van der Waals surface area contributed by atoms with E-state index in [4.69, 9.17) is 0 Å². The van der Waals surface area contributed by atoms with Crippen molar-refractivity contribution >= 4 is 29.9 Å². The summed E-state index contributed by atoms with van der Waals surface area (Å²) < 4.78 is 14.6. The fraction of sp³-hybridized carbons (Fsp3) is 0.529. The lowest BCUT2D eigenvalue weighted by atomic mass is 9.96. The summed E-state index contributed by atoms with van der Waals surface area (Å²) in [4.78, 5) is 25.6. The Morgan fingerprint density at radius 3 is 2.92 bits per heavy atom. The predicted molar refractivity (Wildman–Crippen MR) is 92.7 cm³/mol. The van der Waals surface area contributed by atoms with Crippen molar-refractivity contribution in [3.63, 3.8) is 0 Å². The summed E-state index contributed by atoms with van der Waals surface area (Å²) in [6, 6.07) is 3.49. The Balaban J connectivity index is 0.00000208. The molecule has 24 heavy (non-hydrogen) atoms. The fourth-order valence-electron chi connectivity index (χ4n) is 3.34. The lowest BCUT2D eigenvalue weighted by molar-refractivity contribution is -0.132. The van der Waals surface area contributed by atoms with Gasteiger partial charge in [-0.2, -0.15) is 0 Å². The Hall–Kier alpha value is -1.66. The van der Waals surface area contributed by atoms with Gasteiger partial charge < -0.3 is 15.5 Å². The highest BCUT2D eigenvalue weighted by atomic mass is 35.5. The summed E-state index contributed by atoms with van der Waals surface area (Å²) in [5.41, 5.74) is 1.89. The van der Waals surface area contributed by atoms with Crippen LogP contribution in [0.25, 0.3) is 0 Å². The van der Waals surface area contributed by atoms with Crippen LogP contribution in [0.3, 0.4) is 0 Å². The van der Waals surface area contributed by atoms with Gasteiger partial charge in [0.05, 0.1) is 11.6 Å². The smallest absolute Gasteiger partial charge is 0.229 e. The number of rotatable bonds is 2. The van der Waals surface area contributed by atoms with Crippen LogP contribution in [-0.4, -0.2) is 36.3 Å². The van der Waals surface area contributed by atoms with Crippen molar-refractivity contribution in [3.05, 3.63) is 29.1 Å². The summed E-state index contributed by atoms with van der Waals surface area (Å²) in [6.07, 6.45) is 2.16. The van der Waals surface area contributed by atoms with Gasteiger partial charge in [-0.25, -0.2) is 4.39 Å². The number of amides is 2. The lowest BCUT2D eigenvalue weighted by Gasteiger charge is -2.31. The van der Waals surface area contributed by atoms with Gasteiger partial charge in [0.2, 0.25) is 11.8 Å². The van der Waals surface area contributed by atoms with Crippen LogP contribution in [0.15, 0.2) is 12.1 Å². The Bertz CT molecular complexity index is 639. The molecule has 2 heterocycles. The number of halogens is 2. The zero-order chi connectivity index (χ0) is 16.4. The predicted octanol–water partition coefficient (Wildman–Crippen LogP) is 2.09. The molecule has 3 rings (SSSR count). The minimum Gasteiger partial charge on any atom is -0.342 e. The highest BCUT2D eigenvalue weighted by Gasteiger charge is 2.28. The van der Waals surface area contributed by atoms with Gasteiger partial charge in [-0.05, 0) is 43.0 Å². The molecule has 2 aliphatic rings. The summed E-state index contributed by atoms with van der Waals surface area (Å²) in [5.74, 6) is -0.819. The minimum absolute atomic E-state index is 0. The minimum atomic E-state index is -0.323. The molecule has 0 bridgehead atoms. The number of likely N-dealkylation sites (tertiary alicyclic amines) is 1. The molecule has 1 fully saturated rings. The number of benzene rings is 1. The number of carbonyl (C=O) groups is 2. The van der Waals surface area contributed by atoms with Crippen LogP contribution < -0.4 is 10.6 Å². The molecule has 1 aromatic rings. The number of hydrogen-bond donors (Lipinski definition) is 2. The van der Waals surface area contributed by atoms with E-state index in [1.54, 1.807) is 11.0 Å². The van der Waals surface area contributed by atoms with Crippen molar-refractivity contribution in [1.29, 1.82) is 0 Å². The molecule has 0 spiro atoms. The Morgan fingerprint density at radius 2 is 2.17 bits per heavy atom. The van der Waals surface area contributed by atoms with Crippen LogP contribution in [0.2, 0.25) is 0 Å². The molecule has 0 aliphatic carbocycles. The van der Waals surface area contributed by atoms with E-state index in [9.17, 15) is 14.0 Å². The van der Waals surface area contributed by atoms with E-state index in [-0.39, 0.29) is 41.6 Å². The molecule has 1 saturated heterocycles. The third-order valence-electron chi connectivity index (χ3n) is 4.70. The van der Waals surface area contributed by atoms with Gasteiger partial charge in [0, 0.05) is 26.6 Å². The van der Waals surface area contributed by atoms with E-state index in [0.29, 0.717) is 31.6 Å². The Morgan fingerprint density at radius 1 is 1.38 bits per heavy atom. The maximum Gasteiger partial charge on any atom is 0.229 e. The molecule has 1 aromatic carbocycles. The zero-order valence-electron chi connectivity index (χ0n) is 13.7. The normalized spacial score (nSPS) is 19.9. The molecule has 0 aromatic heterocycles. The standard InChI is InChI=1S/C17H22FN3O2.ClH/c1-11(22)21-8-2-3-13(10-21)17(23)20-15-5-4-12-9-19-7-6-14(12)16(15)18;/h4-5,13,19H,2-3,6-10H2,1H3,(H,20,23);1H. The number of anilines is 1. The first-order valence-corrected chi connectivity index (χ1v) is 8.13. The van der Waals surface area contributed by atoms with Gasteiger partial charge in [0.15, 0.2) is 0 Å². The van der Waals surface area contributed by atoms with Crippen LogP contribution >= 0.6 is 12.4 Å². The third-order valence-corrected chi connectivity index (χ3v) is 4.70. The number of fused-ring (bicyclic) bond motifs is 1. The quantitative estimate of drug-likeness (QED) is 0.854. The van der Waals surface area contributed by atoms with Crippen molar-refractivity contribution in [2.45, 2.75) is 32.7 Å². The zero-order valence-corrected chi connectivity index (χ0v) is 14.5. The number of carbonyl (C=O) groups excluding carboxylic acids is 2. The third kappa shape index (κ3) is 3.87. The molecule has 2 amide bonds. The summed E-state index contributed by atoms with van der Waals surface area (Å²) in [5, 5.41) is 5.92. The molecule has 1 unspecified atom stereocenters. The second-order valence-corrected chi connectivity index (χ2v) is 6.28. The second kappa shape index (κ2) is 7.94. The molecular weight excluding hydrogens is 333 g/mol. The SMILES string of the molecule is CC(=O)N1CCCC(C(=O)Nc2ccc3c(c2F)CCNC3)C1.Cl. The topological polar surface area (TPSA) is 61.4 Å². The molecule has 132 valence electrons. The van der Waals surface area contributed by atoms with Crippen LogP contribution in [-0.2, 0) is 22.6 Å². The average Bonchev–Trinajstić information content (AvgIpc) is 2.57.